The van der Waals surface area contributed by atoms with Gasteiger partial charge >= 0.3 is 0 Å². The lowest BCUT2D eigenvalue weighted by atomic mass is 10.2. The predicted molar refractivity (Wildman–Crippen MR) is 76.5 cm³/mol. The Balaban J connectivity index is 0.000000492. The first-order valence-corrected chi connectivity index (χ1v) is 6.33. The zero-order valence-electron chi connectivity index (χ0n) is 11.4. The van der Waals surface area contributed by atoms with Gasteiger partial charge in [-0.05, 0) is 18.6 Å². The molecule has 2 rings (SSSR count). The zero-order valence-corrected chi connectivity index (χ0v) is 11.4. The van der Waals surface area contributed by atoms with E-state index >= 15 is 0 Å². The van der Waals surface area contributed by atoms with Crippen LogP contribution in [-0.4, -0.2) is 9.97 Å². The molecule has 96 valence electrons. The van der Waals surface area contributed by atoms with Crippen molar-refractivity contribution < 1.29 is 0 Å². The largest absolute Gasteiger partial charge is 0.366 e. The molecule has 0 saturated heterocycles. The summed E-state index contributed by atoms with van der Waals surface area (Å²) in [5.41, 5.74) is 1.24. The molecule has 0 atom stereocenters. The molecule has 0 unspecified atom stereocenters. The van der Waals surface area contributed by atoms with Crippen molar-refractivity contribution in [2.24, 2.45) is 0 Å². The van der Waals surface area contributed by atoms with Crippen molar-refractivity contribution in [3.05, 3.63) is 54.0 Å². The van der Waals surface area contributed by atoms with Crippen LogP contribution in [0.25, 0.3) is 0 Å². The first-order valence-electron chi connectivity index (χ1n) is 6.33. The van der Waals surface area contributed by atoms with Crippen molar-refractivity contribution in [1.82, 2.24) is 9.97 Å². The molecule has 0 spiro atoms. The lowest BCUT2D eigenvalue weighted by Gasteiger charge is -2.05. The maximum atomic E-state index is 4.27. The predicted octanol–water partition coefficient (Wildman–Crippen LogP) is 3.81. The molecule has 0 fully saturated rings. The van der Waals surface area contributed by atoms with E-state index in [1.807, 2.05) is 31.2 Å². The van der Waals surface area contributed by atoms with Gasteiger partial charge in [0, 0.05) is 12.7 Å². The number of nitrogens with zero attached hydrogens (tertiary/aromatic N) is 2. The van der Waals surface area contributed by atoms with Gasteiger partial charge in [-0.3, -0.25) is 0 Å². The van der Waals surface area contributed by atoms with Gasteiger partial charge in [-0.2, -0.15) is 0 Å². The number of aromatic nitrogens is 2. The van der Waals surface area contributed by atoms with Crippen molar-refractivity contribution in [2.45, 2.75) is 33.7 Å². The minimum absolute atomic E-state index is 0.785. The molecule has 3 heteroatoms. The van der Waals surface area contributed by atoms with E-state index in [0.29, 0.717) is 0 Å². The fourth-order valence-electron chi connectivity index (χ4n) is 1.34. The van der Waals surface area contributed by atoms with Gasteiger partial charge in [0.25, 0.3) is 0 Å². The second kappa shape index (κ2) is 8.23. The molecule has 3 nitrogen and oxygen atoms in total. The normalized spacial score (nSPS) is 9.28. The summed E-state index contributed by atoms with van der Waals surface area (Å²) in [5.74, 6) is 1.65. The summed E-state index contributed by atoms with van der Waals surface area (Å²) in [5, 5.41) is 3.25. The monoisotopic (exact) mass is 243 g/mol. The second-order valence-corrected chi connectivity index (χ2v) is 4.04. The molecule has 0 aliphatic rings. The van der Waals surface area contributed by atoms with Crippen molar-refractivity contribution in [3.8, 4) is 0 Å². The molecule has 1 aromatic heterocycles. The van der Waals surface area contributed by atoms with Gasteiger partial charge in [0.2, 0.25) is 0 Å². The third kappa shape index (κ3) is 5.43. The average molecular weight is 243 g/mol. The van der Waals surface area contributed by atoms with Crippen molar-refractivity contribution >= 4 is 5.82 Å². The van der Waals surface area contributed by atoms with E-state index in [9.17, 15) is 0 Å². The van der Waals surface area contributed by atoms with E-state index in [4.69, 9.17) is 0 Å². The van der Waals surface area contributed by atoms with Crippen molar-refractivity contribution in [2.75, 3.05) is 5.32 Å². The van der Waals surface area contributed by atoms with Gasteiger partial charge in [-0.25, -0.2) is 9.97 Å². The molecular weight excluding hydrogens is 222 g/mol. The molecule has 1 N–H and O–H groups in total. The zero-order chi connectivity index (χ0) is 13.2. The smallest absolute Gasteiger partial charge is 0.129 e. The van der Waals surface area contributed by atoms with Crippen LogP contribution in [0.3, 0.4) is 0 Å². The number of hydrogen-bond donors (Lipinski definition) is 1. The standard InChI is InChI=1S/C12H13N3.C3H8/c1-10-13-8-7-12(15-10)14-9-11-5-3-2-4-6-11;1-3-2/h2-8H,9H2,1H3,(H,13,14,15);3H2,1-2H3. The van der Waals surface area contributed by atoms with Gasteiger partial charge in [0.1, 0.15) is 11.6 Å². The van der Waals surface area contributed by atoms with Crippen LogP contribution >= 0.6 is 0 Å². The molecule has 0 aliphatic carbocycles. The van der Waals surface area contributed by atoms with Gasteiger partial charge < -0.3 is 5.32 Å². The highest BCUT2D eigenvalue weighted by atomic mass is 15.0. The second-order valence-electron chi connectivity index (χ2n) is 4.04. The Morgan fingerprint density at radius 1 is 1.06 bits per heavy atom. The summed E-state index contributed by atoms with van der Waals surface area (Å²) in [6.07, 6.45) is 3.01. The Kier molecular flexibility index (Phi) is 6.47. The van der Waals surface area contributed by atoms with E-state index < -0.39 is 0 Å². The Hall–Kier alpha value is -1.90. The highest BCUT2D eigenvalue weighted by Gasteiger charge is 1.94. The summed E-state index contributed by atoms with van der Waals surface area (Å²) in [6.45, 7) is 6.92. The molecular formula is C15H21N3. The maximum absolute atomic E-state index is 4.27. The van der Waals surface area contributed by atoms with E-state index in [2.05, 4.69) is 41.3 Å². The Morgan fingerprint density at radius 3 is 2.33 bits per heavy atom. The number of nitrogens with one attached hydrogen (secondary N) is 1. The summed E-state index contributed by atoms with van der Waals surface area (Å²) in [7, 11) is 0. The van der Waals surface area contributed by atoms with Crippen LogP contribution in [0.15, 0.2) is 42.6 Å². The van der Waals surface area contributed by atoms with E-state index in [0.717, 1.165) is 18.2 Å². The molecule has 0 amide bonds. The van der Waals surface area contributed by atoms with Crippen LogP contribution < -0.4 is 5.32 Å². The highest BCUT2D eigenvalue weighted by molar-refractivity contribution is 5.34. The fraction of sp³-hybridized carbons (Fsp3) is 0.333. The van der Waals surface area contributed by atoms with Crippen LogP contribution in [0.1, 0.15) is 31.7 Å². The average Bonchev–Trinajstić information content (AvgIpc) is 2.39. The first kappa shape index (κ1) is 14.2. The Labute approximate surface area is 109 Å². The number of hydrogen-bond acceptors (Lipinski definition) is 3. The summed E-state index contributed by atoms with van der Waals surface area (Å²) < 4.78 is 0. The van der Waals surface area contributed by atoms with Crippen LogP contribution in [0.2, 0.25) is 0 Å². The minimum Gasteiger partial charge on any atom is -0.366 e. The van der Waals surface area contributed by atoms with Crippen LogP contribution in [-0.2, 0) is 6.54 Å². The third-order valence-corrected chi connectivity index (χ3v) is 2.09. The highest BCUT2D eigenvalue weighted by Crippen LogP contribution is 2.05. The third-order valence-electron chi connectivity index (χ3n) is 2.09. The van der Waals surface area contributed by atoms with E-state index in [-0.39, 0.29) is 0 Å². The topological polar surface area (TPSA) is 37.8 Å². The van der Waals surface area contributed by atoms with E-state index in [1.165, 1.54) is 12.0 Å². The number of anilines is 1. The number of aryl methyl sites for hydroxylation is 1. The molecule has 1 heterocycles. The fourth-order valence-corrected chi connectivity index (χ4v) is 1.34. The Bertz CT molecular complexity index is 441. The van der Waals surface area contributed by atoms with Gasteiger partial charge in [0.05, 0.1) is 0 Å². The molecule has 2 aromatic rings. The molecule has 0 aliphatic heterocycles. The molecule has 0 radical (unpaired) electrons. The number of benzene rings is 1. The summed E-state index contributed by atoms with van der Waals surface area (Å²) in [6, 6.07) is 12.1. The quantitative estimate of drug-likeness (QED) is 0.890. The van der Waals surface area contributed by atoms with Gasteiger partial charge in [0.15, 0.2) is 0 Å². The lowest BCUT2D eigenvalue weighted by molar-refractivity contribution is 1.02. The maximum Gasteiger partial charge on any atom is 0.129 e. The van der Waals surface area contributed by atoms with Crippen molar-refractivity contribution in [3.63, 3.8) is 0 Å². The molecule has 1 aromatic carbocycles. The van der Waals surface area contributed by atoms with Crippen LogP contribution in [0, 0.1) is 6.92 Å². The van der Waals surface area contributed by atoms with Gasteiger partial charge in [-0.1, -0.05) is 50.6 Å². The van der Waals surface area contributed by atoms with Gasteiger partial charge in [-0.15, -0.1) is 0 Å². The molecule has 0 saturated carbocycles. The number of rotatable bonds is 3. The summed E-state index contributed by atoms with van der Waals surface area (Å²) >= 11 is 0. The first-order chi connectivity index (χ1) is 8.76. The minimum atomic E-state index is 0.785. The molecule has 18 heavy (non-hydrogen) atoms. The lowest BCUT2D eigenvalue weighted by Crippen LogP contribution is -2.02. The molecule has 0 bridgehead atoms. The van der Waals surface area contributed by atoms with E-state index in [1.54, 1.807) is 6.20 Å². The summed E-state index contributed by atoms with van der Waals surface area (Å²) in [4.78, 5) is 8.31. The Morgan fingerprint density at radius 2 is 1.72 bits per heavy atom. The SMILES string of the molecule is CCC.Cc1nccc(NCc2ccccc2)n1. The van der Waals surface area contributed by atoms with Crippen molar-refractivity contribution in [1.29, 1.82) is 0 Å². The van der Waals surface area contributed by atoms with Crippen LogP contribution in [0.4, 0.5) is 5.82 Å². The van der Waals surface area contributed by atoms with Crippen LogP contribution in [0.5, 0.6) is 0 Å².